The standard InChI is InChI=1S/C20H25N3O3S.HI/c1-20(24,18-7-3-13-26-18)15-23-19(21-10-8-16-5-2-12-25-16)22-11-9-17-6-4-14-27-17;/h2-7,12-14,24H,8-11,15H2,1H3,(H2,21,22,23);1H. The highest BCUT2D eigenvalue weighted by molar-refractivity contribution is 14.0. The molecule has 0 aliphatic rings. The van der Waals surface area contributed by atoms with E-state index < -0.39 is 5.60 Å². The number of thiophene rings is 1. The van der Waals surface area contributed by atoms with Crippen molar-refractivity contribution in [2.24, 2.45) is 4.99 Å². The van der Waals surface area contributed by atoms with Gasteiger partial charge < -0.3 is 24.6 Å². The Hall–Kier alpha value is -1.78. The molecule has 0 aliphatic heterocycles. The third kappa shape index (κ3) is 6.99. The van der Waals surface area contributed by atoms with Crippen LogP contribution in [0.15, 0.2) is 68.1 Å². The van der Waals surface area contributed by atoms with Crippen molar-refractivity contribution in [3.05, 3.63) is 70.7 Å². The molecule has 6 nitrogen and oxygen atoms in total. The molecule has 0 aliphatic carbocycles. The molecule has 0 bridgehead atoms. The molecule has 3 aromatic rings. The lowest BCUT2D eigenvalue weighted by molar-refractivity contribution is 0.0437. The third-order valence-corrected chi connectivity index (χ3v) is 5.02. The summed E-state index contributed by atoms with van der Waals surface area (Å²) >= 11 is 1.74. The summed E-state index contributed by atoms with van der Waals surface area (Å²) in [6.07, 6.45) is 4.90. The van der Waals surface area contributed by atoms with Crippen LogP contribution < -0.4 is 10.6 Å². The summed E-state index contributed by atoms with van der Waals surface area (Å²) in [5.41, 5.74) is -1.16. The van der Waals surface area contributed by atoms with Crippen LogP contribution in [0.4, 0.5) is 0 Å². The van der Waals surface area contributed by atoms with Crippen LogP contribution in [0.3, 0.4) is 0 Å². The molecular weight excluding hydrogens is 489 g/mol. The fourth-order valence-electron chi connectivity index (χ4n) is 2.59. The molecule has 0 saturated heterocycles. The first kappa shape index (κ1) is 22.5. The number of guanidine groups is 1. The molecule has 0 amide bonds. The van der Waals surface area contributed by atoms with E-state index in [0.717, 1.165) is 25.1 Å². The van der Waals surface area contributed by atoms with Gasteiger partial charge in [0.05, 0.1) is 19.1 Å². The van der Waals surface area contributed by atoms with Crippen LogP contribution in [0.5, 0.6) is 0 Å². The van der Waals surface area contributed by atoms with Gasteiger partial charge in [-0.3, -0.25) is 0 Å². The molecule has 152 valence electrons. The largest absolute Gasteiger partial charge is 0.469 e. The van der Waals surface area contributed by atoms with E-state index in [0.29, 0.717) is 18.3 Å². The van der Waals surface area contributed by atoms with Crippen LogP contribution in [0, 0.1) is 0 Å². The Bertz CT molecular complexity index is 758. The molecule has 1 unspecified atom stereocenters. The maximum atomic E-state index is 10.6. The molecular formula is C20H26IN3O3S. The summed E-state index contributed by atoms with van der Waals surface area (Å²) in [7, 11) is 0. The maximum absolute atomic E-state index is 10.6. The van der Waals surface area contributed by atoms with Gasteiger partial charge in [-0.05, 0) is 49.1 Å². The van der Waals surface area contributed by atoms with Crippen LogP contribution in [0.2, 0.25) is 0 Å². The number of rotatable bonds is 9. The number of nitrogens with zero attached hydrogens (tertiary/aromatic N) is 1. The Morgan fingerprint density at radius 3 is 2.46 bits per heavy atom. The number of halogens is 1. The molecule has 3 N–H and O–H groups in total. The molecule has 0 saturated carbocycles. The lowest BCUT2D eigenvalue weighted by Gasteiger charge is -2.19. The first-order chi connectivity index (χ1) is 13.1. The van der Waals surface area contributed by atoms with E-state index in [9.17, 15) is 5.11 Å². The second-order valence-corrected chi connectivity index (χ2v) is 7.46. The van der Waals surface area contributed by atoms with Crippen molar-refractivity contribution < 1.29 is 13.9 Å². The zero-order valence-electron chi connectivity index (χ0n) is 15.8. The molecule has 0 spiro atoms. The average Bonchev–Trinajstić information content (AvgIpc) is 3.42. The van der Waals surface area contributed by atoms with Gasteiger partial charge in [0.1, 0.15) is 17.1 Å². The number of aliphatic imine (C=N–C) groups is 1. The van der Waals surface area contributed by atoms with Crippen molar-refractivity contribution in [1.29, 1.82) is 0 Å². The molecule has 1 atom stereocenters. The van der Waals surface area contributed by atoms with E-state index >= 15 is 0 Å². The number of hydrogen-bond donors (Lipinski definition) is 3. The molecule has 28 heavy (non-hydrogen) atoms. The van der Waals surface area contributed by atoms with Gasteiger partial charge in [-0.25, -0.2) is 4.99 Å². The molecule has 3 aromatic heterocycles. The van der Waals surface area contributed by atoms with Gasteiger partial charge in [0.25, 0.3) is 0 Å². The van der Waals surface area contributed by atoms with Gasteiger partial charge in [0, 0.05) is 24.4 Å². The Morgan fingerprint density at radius 2 is 1.82 bits per heavy atom. The van der Waals surface area contributed by atoms with Crippen molar-refractivity contribution in [2.75, 3.05) is 19.6 Å². The minimum absolute atomic E-state index is 0. The average molecular weight is 515 g/mol. The first-order valence-corrected chi connectivity index (χ1v) is 9.85. The van der Waals surface area contributed by atoms with Crippen LogP contribution in [0.25, 0.3) is 0 Å². The molecule has 0 radical (unpaired) electrons. The van der Waals surface area contributed by atoms with E-state index in [2.05, 4.69) is 33.1 Å². The van der Waals surface area contributed by atoms with E-state index in [1.165, 1.54) is 4.88 Å². The SMILES string of the molecule is CC(O)(CN=C(NCCc1ccco1)NCCc1cccs1)c1ccco1.I. The molecule has 3 heterocycles. The van der Waals surface area contributed by atoms with Crippen molar-refractivity contribution in [3.63, 3.8) is 0 Å². The zero-order chi connectivity index (χ0) is 19.0. The minimum Gasteiger partial charge on any atom is -0.469 e. The number of hydrogen-bond acceptors (Lipinski definition) is 5. The summed E-state index contributed by atoms with van der Waals surface area (Å²) in [6, 6.07) is 11.5. The highest BCUT2D eigenvalue weighted by Crippen LogP contribution is 2.21. The Labute approximate surface area is 186 Å². The van der Waals surface area contributed by atoms with Gasteiger partial charge >= 0.3 is 0 Å². The predicted octanol–water partition coefficient (Wildman–Crippen LogP) is 3.78. The second-order valence-electron chi connectivity index (χ2n) is 6.43. The molecule has 3 rings (SSSR count). The van der Waals surface area contributed by atoms with Crippen molar-refractivity contribution in [2.45, 2.75) is 25.4 Å². The van der Waals surface area contributed by atoms with E-state index in [-0.39, 0.29) is 30.5 Å². The van der Waals surface area contributed by atoms with Gasteiger partial charge in [0.2, 0.25) is 0 Å². The molecule has 8 heteroatoms. The summed E-state index contributed by atoms with van der Waals surface area (Å²) in [5.74, 6) is 2.08. The third-order valence-electron chi connectivity index (χ3n) is 4.08. The maximum Gasteiger partial charge on any atom is 0.191 e. The summed E-state index contributed by atoms with van der Waals surface area (Å²) in [5, 5.41) is 19.3. The minimum atomic E-state index is -1.16. The van der Waals surface area contributed by atoms with Crippen LogP contribution in [-0.2, 0) is 18.4 Å². The quantitative estimate of drug-likeness (QED) is 0.230. The fourth-order valence-corrected chi connectivity index (χ4v) is 3.30. The van der Waals surface area contributed by atoms with E-state index in [1.54, 1.807) is 42.9 Å². The predicted molar refractivity (Wildman–Crippen MR) is 122 cm³/mol. The lowest BCUT2D eigenvalue weighted by Crippen LogP contribution is -2.40. The van der Waals surface area contributed by atoms with Crippen molar-refractivity contribution in [1.82, 2.24) is 10.6 Å². The van der Waals surface area contributed by atoms with Gasteiger partial charge in [0.15, 0.2) is 5.96 Å². The highest BCUT2D eigenvalue weighted by Gasteiger charge is 2.26. The van der Waals surface area contributed by atoms with Gasteiger partial charge in [-0.2, -0.15) is 0 Å². The monoisotopic (exact) mass is 515 g/mol. The lowest BCUT2D eigenvalue weighted by atomic mass is 10.0. The number of aliphatic hydroxyl groups is 1. The van der Waals surface area contributed by atoms with Crippen LogP contribution in [-0.4, -0.2) is 30.7 Å². The normalized spacial score (nSPS) is 13.6. The topological polar surface area (TPSA) is 82.9 Å². The molecule has 0 aromatic carbocycles. The smallest absolute Gasteiger partial charge is 0.191 e. The zero-order valence-corrected chi connectivity index (χ0v) is 18.9. The van der Waals surface area contributed by atoms with Crippen LogP contribution >= 0.6 is 35.3 Å². The Morgan fingerprint density at radius 1 is 1.07 bits per heavy atom. The van der Waals surface area contributed by atoms with Gasteiger partial charge in [-0.1, -0.05) is 6.07 Å². The van der Waals surface area contributed by atoms with E-state index in [1.807, 2.05) is 12.1 Å². The summed E-state index contributed by atoms with van der Waals surface area (Å²) < 4.78 is 10.7. The number of nitrogens with one attached hydrogen (secondary N) is 2. The van der Waals surface area contributed by atoms with Crippen LogP contribution in [0.1, 0.15) is 23.3 Å². The fraction of sp³-hybridized carbons (Fsp3) is 0.350. The second kappa shape index (κ2) is 11.3. The molecule has 0 fully saturated rings. The summed E-state index contributed by atoms with van der Waals surface area (Å²) in [6.45, 7) is 3.33. The van der Waals surface area contributed by atoms with Crippen molar-refractivity contribution >= 4 is 41.3 Å². The van der Waals surface area contributed by atoms with Crippen molar-refractivity contribution in [3.8, 4) is 0 Å². The summed E-state index contributed by atoms with van der Waals surface area (Å²) in [4.78, 5) is 5.87. The van der Waals surface area contributed by atoms with Gasteiger partial charge in [-0.15, -0.1) is 35.3 Å². The first-order valence-electron chi connectivity index (χ1n) is 8.97. The number of furan rings is 2. The highest BCUT2D eigenvalue weighted by atomic mass is 127. The Kier molecular flexibility index (Phi) is 9.07. The Balaban J connectivity index is 0.00000280. The van der Waals surface area contributed by atoms with E-state index in [4.69, 9.17) is 8.83 Å².